The third kappa shape index (κ3) is 5.43. The van der Waals surface area contributed by atoms with Gasteiger partial charge in [0.25, 0.3) is 0 Å². The number of rotatable bonds is 6. The maximum Gasteiger partial charge on any atom is 0.407 e. The number of piperidine rings is 1. The Hall–Kier alpha value is -3.11. The average molecular weight is 510 g/mol. The van der Waals surface area contributed by atoms with Crippen molar-refractivity contribution in [3.05, 3.63) is 52.6 Å². The number of alkyl carbamates (subject to hydrolysis) is 1. The molecule has 2 aromatic carbocycles. The van der Waals surface area contributed by atoms with Gasteiger partial charge in [-0.2, -0.15) is 0 Å². The van der Waals surface area contributed by atoms with Gasteiger partial charge in [0.05, 0.1) is 17.9 Å². The van der Waals surface area contributed by atoms with Crippen LogP contribution in [0.25, 0.3) is 0 Å². The van der Waals surface area contributed by atoms with Crippen molar-refractivity contribution in [2.75, 3.05) is 36.5 Å². The van der Waals surface area contributed by atoms with E-state index in [0.29, 0.717) is 17.9 Å². The summed E-state index contributed by atoms with van der Waals surface area (Å²) in [5.74, 6) is -1.08. The minimum absolute atomic E-state index is 0.00707. The Kier molecular flexibility index (Phi) is 7.32. The van der Waals surface area contributed by atoms with Gasteiger partial charge in [-0.1, -0.05) is 11.6 Å². The smallest absolute Gasteiger partial charge is 0.407 e. The van der Waals surface area contributed by atoms with Gasteiger partial charge in [0.15, 0.2) is 6.10 Å². The molecule has 188 valence electrons. The summed E-state index contributed by atoms with van der Waals surface area (Å²) < 4.78 is 40.1. The molecule has 4 rings (SSSR count). The molecule has 2 aromatic rings. The lowest BCUT2D eigenvalue weighted by molar-refractivity contribution is -0.116. The molecule has 35 heavy (non-hydrogen) atoms. The van der Waals surface area contributed by atoms with Crippen LogP contribution < -0.4 is 20.3 Å². The van der Waals surface area contributed by atoms with E-state index >= 15 is 0 Å². The molecule has 0 saturated carbocycles. The number of aliphatic hydroxyl groups is 1. The molecule has 8 nitrogen and oxygen atoms in total. The summed E-state index contributed by atoms with van der Waals surface area (Å²) in [6.07, 6.45) is -1.22. The first-order chi connectivity index (χ1) is 16.7. The summed E-state index contributed by atoms with van der Waals surface area (Å²) in [7, 11) is 0. The number of halogens is 3. The molecular weight excluding hydrogens is 484 g/mol. The van der Waals surface area contributed by atoms with Crippen molar-refractivity contribution in [1.29, 1.82) is 0 Å². The zero-order chi connectivity index (χ0) is 25.2. The van der Waals surface area contributed by atoms with Crippen molar-refractivity contribution in [2.45, 2.75) is 37.9 Å². The summed E-state index contributed by atoms with van der Waals surface area (Å²) in [5, 5.41) is 16.8. The van der Waals surface area contributed by atoms with E-state index in [4.69, 9.17) is 21.1 Å². The van der Waals surface area contributed by atoms with Crippen LogP contribution in [0.5, 0.6) is 5.75 Å². The fourth-order valence-electron chi connectivity index (χ4n) is 4.30. The van der Waals surface area contributed by atoms with Gasteiger partial charge in [-0.3, -0.25) is 4.79 Å². The van der Waals surface area contributed by atoms with Crippen molar-refractivity contribution in [1.82, 2.24) is 5.32 Å². The largest absolute Gasteiger partial charge is 0.490 e. The van der Waals surface area contributed by atoms with Crippen LogP contribution in [0.2, 0.25) is 5.02 Å². The van der Waals surface area contributed by atoms with Crippen LogP contribution in [0.1, 0.15) is 25.3 Å². The number of anilines is 2. The van der Waals surface area contributed by atoms with Gasteiger partial charge >= 0.3 is 6.09 Å². The molecule has 1 fully saturated rings. The van der Waals surface area contributed by atoms with E-state index in [1.54, 1.807) is 17.9 Å². The van der Waals surface area contributed by atoms with Crippen LogP contribution in [-0.4, -0.2) is 55.1 Å². The van der Waals surface area contributed by atoms with Crippen molar-refractivity contribution in [2.24, 2.45) is 0 Å². The first-order valence-corrected chi connectivity index (χ1v) is 11.7. The molecule has 11 heteroatoms. The number of nitrogens with zero attached hydrogens (tertiary/aromatic N) is 1. The maximum atomic E-state index is 14.5. The van der Waals surface area contributed by atoms with E-state index in [1.165, 1.54) is 24.3 Å². The normalized spacial score (nSPS) is 21.7. The van der Waals surface area contributed by atoms with Crippen LogP contribution >= 0.6 is 11.6 Å². The van der Waals surface area contributed by atoms with Crippen LogP contribution in [0.4, 0.5) is 25.0 Å². The molecule has 3 N–H and O–H groups in total. The average Bonchev–Trinajstić information content (AvgIpc) is 2.81. The lowest BCUT2D eigenvalue weighted by Gasteiger charge is -2.44. The van der Waals surface area contributed by atoms with Gasteiger partial charge in [0, 0.05) is 36.5 Å². The van der Waals surface area contributed by atoms with Gasteiger partial charge in [-0.25, -0.2) is 13.6 Å². The second-order valence-corrected chi connectivity index (χ2v) is 8.99. The minimum atomic E-state index is -1.61. The molecular formula is C24H26ClF2N3O5. The molecule has 0 spiro atoms. The van der Waals surface area contributed by atoms with Crippen molar-refractivity contribution >= 4 is 35.0 Å². The zero-order valence-electron chi connectivity index (χ0n) is 19.1. The number of hydrogen-bond acceptors (Lipinski definition) is 6. The third-order valence-electron chi connectivity index (χ3n) is 6.18. The van der Waals surface area contributed by atoms with Crippen molar-refractivity contribution in [3.8, 4) is 5.75 Å². The highest BCUT2D eigenvalue weighted by molar-refractivity contribution is 6.30. The highest BCUT2D eigenvalue weighted by Crippen LogP contribution is 2.36. The summed E-state index contributed by atoms with van der Waals surface area (Å²) in [6.45, 7) is 2.05. The highest BCUT2D eigenvalue weighted by atomic mass is 35.5. The topological polar surface area (TPSA) is 100 Å². The van der Waals surface area contributed by atoms with Gasteiger partial charge in [0.1, 0.15) is 29.6 Å². The predicted molar refractivity (Wildman–Crippen MR) is 126 cm³/mol. The molecule has 2 amide bonds. The van der Waals surface area contributed by atoms with Crippen LogP contribution in [0.3, 0.4) is 0 Å². The molecule has 0 bridgehead atoms. The molecule has 0 aromatic heterocycles. The summed E-state index contributed by atoms with van der Waals surface area (Å²) in [6, 6.07) is 6.89. The number of fused-ring (bicyclic) bond motifs is 1. The Morgan fingerprint density at radius 3 is 2.83 bits per heavy atom. The second-order valence-electron chi connectivity index (χ2n) is 8.56. The number of carbonyl (C=O) groups excluding carboxylic acids is 2. The monoisotopic (exact) mass is 509 g/mol. The Morgan fingerprint density at radius 1 is 1.29 bits per heavy atom. The first-order valence-electron chi connectivity index (χ1n) is 11.3. The Bertz CT molecular complexity index is 1130. The van der Waals surface area contributed by atoms with Gasteiger partial charge in [-0.15, -0.1) is 0 Å². The molecule has 2 unspecified atom stereocenters. The standard InChI is InChI=1S/C24H26ClF2N3O5/c1-2-28-23(32)35-20-12-30(18-6-3-14(25)11-17(18)27)10-9-24(20,33)13-34-19-7-5-16(26)22-15(19)4-8-21(31)29-22/h3,5-7,11,20,33H,2,4,8-10,12-13H2,1H3,(H,28,32)(H,29,31). The third-order valence-corrected chi connectivity index (χ3v) is 6.42. The van der Waals surface area contributed by atoms with E-state index in [0.717, 1.165) is 0 Å². The molecule has 0 radical (unpaired) electrons. The minimum Gasteiger partial charge on any atom is -0.490 e. The number of carbonyl (C=O) groups is 2. The van der Waals surface area contributed by atoms with E-state index in [9.17, 15) is 23.5 Å². The van der Waals surface area contributed by atoms with Gasteiger partial charge in [0.2, 0.25) is 5.91 Å². The highest BCUT2D eigenvalue weighted by Gasteiger charge is 2.46. The molecule has 2 heterocycles. The summed E-state index contributed by atoms with van der Waals surface area (Å²) in [5.41, 5.74) is -0.780. The first kappa shape index (κ1) is 25.0. The van der Waals surface area contributed by atoms with Crippen LogP contribution in [0.15, 0.2) is 30.3 Å². The lowest BCUT2D eigenvalue weighted by atomic mass is 9.88. The number of amides is 2. The zero-order valence-corrected chi connectivity index (χ0v) is 19.8. The Morgan fingerprint density at radius 2 is 2.09 bits per heavy atom. The number of hydrogen-bond donors (Lipinski definition) is 3. The van der Waals surface area contributed by atoms with Gasteiger partial charge < -0.3 is 30.1 Å². The van der Waals surface area contributed by atoms with Crippen molar-refractivity contribution < 1.29 is 33.0 Å². The quantitative estimate of drug-likeness (QED) is 0.550. The Balaban J connectivity index is 1.55. The predicted octanol–water partition coefficient (Wildman–Crippen LogP) is 3.64. The lowest BCUT2D eigenvalue weighted by Crippen LogP contribution is -2.60. The number of benzene rings is 2. The van der Waals surface area contributed by atoms with E-state index in [1.807, 2.05) is 0 Å². The summed E-state index contributed by atoms with van der Waals surface area (Å²) in [4.78, 5) is 25.6. The van der Waals surface area contributed by atoms with E-state index in [2.05, 4.69) is 10.6 Å². The fraction of sp³-hybridized carbons (Fsp3) is 0.417. The number of nitrogens with one attached hydrogen (secondary N) is 2. The molecule has 2 atom stereocenters. The summed E-state index contributed by atoms with van der Waals surface area (Å²) >= 11 is 5.86. The van der Waals surface area contributed by atoms with E-state index < -0.39 is 29.4 Å². The van der Waals surface area contributed by atoms with Gasteiger partial charge in [-0.05, 0) is 43.7 Å². The molecule has 2 aliphatic heterocycles. The SMILES string of the molecule is CCNC(=O)OC1CN(c2ccc(Cl)cc2F)CCC1(O)COc1ccc(F)c2c1CCC(=O)N2. The maximum absolute atomic E-state index is 14.5. The molecule has 2 aliphatic rings. The van der Waals surface area contributed by atoms with Crippen LogP contribution in [0, 0.1) is 11.6 Å². The second kappa shape index (κ2) is 10.2. The fourth-order valence-corrected chi connectivity index (χ4v) is 4.46. The molecule has 1 saturated heterocycles. The molecule has 0 aliphatic carbocycles. The van der Waals surface area contributed by atoms with Crippen LogP contribution in [-0.2, 0) is 16.0 Å². The number of ether oxygens (including phenoxy) is 2. The van der Waals surface area contributed by atoms with E-state index in [-0.39, 0.29) is 61.3 Å². The van der Waals surface area contributed by atoms with Crippen molar-refractivity contribution in [3.63, 3.8) is 0 Å². The Labute approximate surface area is 206 Å².